The standard InChI is InChI=1S/C17H28ClNO2/c1-17(2,3)19-13-15(9-10-21-12-11-20-4)14-5-7-16(18)8-6-14/h5-8,15,19H,9-13H2,1-4H3. The van der Waals surface area contributed by atoms with Crippen molar-refractivity contribution in [2.24, 2.45) is 0 Å². The quantitative estimate of drug-likeness (QED) is 0.702. The molecule has 0 amide bonds. The van der Waals surface area contributed by atoms with Gasteiger partial charge in [-0.25, -0.2) is 0 Å². The van der Waals surface area contributed by atoms with E-state index in [9.17, 15) is 0 Å². The van der Waals surface area contributed by atoms with Gasteiger partial charge in [0.15, 0.2) is 0 Å². The molecule has 21 heavy (non-hydrogen) atoms. The van der Waals surface area contributed by atoms with Gasteiger partial charge in [0.2, 0.25) is 0 Å². The molecule has 0 bridgehead atoms. The predicted molar refractivity (Wildman–Crippen MR) is 89.3 cm³/mol. The van der Waals surface area contributed by atoms with Crippen molar-refractivity contribution < 1.29 is 9.47 Å². The molecule has 0 heterocycles. The van der Waals surface area contributed by atoms with Crippen LogP contribution in [-0.2, 0) is 9.47 Å². The highest BCUT2D eigenvalue weighted by Crippen LogP contribution is 2.22. The highest BCUT2D eigenvalue weighted by atomic mass is 35.5. The molecule has 120 valence electrons. The zero-order chi connectivity index (χ0) is 15.7. The average Bonchev–Trinajstić information content (AvgIpc) is 2.42. The van der Waals surface area contributed by atoms with Crippen LogP contribution in [0.15, 0.2) is 24.3 Å². The number of benzene rings is 1. The third-order valence-corrected chi connectivity index (χ3v) is 3.51. The molecule has 0 saturated carbocycles. The van der Waals surface area contributed by atoms with E-state index in [1.807, 2.05) is 12.1 Å². The number of hydrogen-bond acceptors (Lipinski definition) is 3. The monoisotopic (exact) mass is 313 g/mol. The second-order valence-electron chi connectivity index (χ2n) is 6.27. The van der Waals surface area contributed by atoms with Crippen molar-refractivity contribution in [2.45, 2.75) is 38.6 Å². The summed E-state index contributed by atoms with van der Waals surface area (Å²) in [4.78, 5) is 0. The smallest absolute Gasteiger partial charge is 0.0700 e. The van der Waals surface area contributed by atoms with Gasteiger partial charge in [0.05, 0.1) is 13.2 Å². The molecular formula is C17H28ClNO2. The Morgan fingerprint density at radius 2 is 1.76 bits per heavy atom. The number of halogens is 1. The summed E-state index contributed by atoms with van der Waals surface area (Å²) < 4.78 is 10.6. The zero-order valence-electron chi connectivity index (χ0n) is 13.6. The first kappa shape index (κ1) is 18.4. The van der Waals surface area contributed by atoms with E-state index in [0.717, 1.165) is 24.6 Å². The lowest BCUT2D eigenvalue weighted by molar-refractivity contribution is 0.0667. The first-order valence-electron chi connectivity index (χ1n) is 7.49. The molecule has 1 N–H and O–H groups in total. The molecule has 1 rings (SSSR count). The fourth-order valence-electron chi connectivity index (χ4n) is 2.02. The summed E-state index contributed by atoms with van der Waals surface area (Å²) in [5.41, 5.74) is 1.41. The maximum atomic E-state index is 5.97. The van der Waals surface area contributed by atoms with Crippen LogP contribution in [0.3, 0.4) is 0 Å². The number of methoxy groups -OCH3 is 1. The van der Waals surface area contributed by atoms with Gasteiger partial charge >= 0.3 is 0 Å². The lowest BCUT2D eigenvalue weighted by atomic mass is 9.95. The largest absolute Gasteiger partial charge is 0.382 e. The van der Waals surface area contributed by atoms with Crippen molar-refractivity contribution in [3.8, 4) is 0 Å². The fraction of sp³-hybridized carbons (Fsp3) is 0.647. The number of rotatable bonds is 9. The van der Waals surface area contributed by atoms with Gasteiger partial charge in [-0.3, -0.25) is 0 Å². The molecule has 0 radical (unpaired) electrons. The van der Waals surface area contributed by atoms with Gasteiger partial charge in [0.1, 0.15) is 0 Å². The molecule has 0 aliphatic carbocycles. The summed E-state index contributed by atoms with van der Waals surface area (Å²) in [5, 5.41) is 4.35. The molecule has 0 spiro atoms. The number of nitrogens with one attached hydrogen (secondary N) is 1. The maximum Gasteiger partial charge on any atom is 0.0700 e. The molecule has 3 nitrogen and oxygen atoms in total. The lowest BCUT2D eigenvalue weighted by Gasteiger charge is -2.25. The van der Waals surface area contributed by atoms with E-state index in [-0.39, 0.29) is 5.54 Å². The molecule has 1 aromatic rings. The van der Waals surface area contributed by atoms with E-state index in [4.69, 9.17) is 21.1 Å². The normalized spacial score (nSPS) is 13.4. The van der Waals surface area contributed by atoms with Gasteiger partial charge in [0.25, 0.3) is 0 Å². The molecule has 0 aliphatic rings. The summed E-state index contributed by atoms with van der Waals surface area (Å²) in [6, 6.07) is 8.11. The Kier molecular flexibility index (Phi) is 8.27. The molecule has 0 aromatic heterocycles. The molecule has 1 unspecified atom stereocenters. The Morgan fingerprint density at radius 3 is 2.33 bits per heavy atom. The summed E-state index contributed by atoms with van der Waals surface area (Å²) in [6.45, 7) is 9.51. The van der Waals surface area contributed by atoms with Crippen LogP contribution < -0.4 is 5.32 Å². The number of hydrogen-bond donors (Lipinski definition) is 1. The van der Waals surface area contributed by atoms with Crippen molar-refractivity contribution in [3.05, 3.63) is 34.9 Å². The fourth-order valence-corrected chi connectivity index (χ4v) is 2.15. The molecular weight excluding hydrogens is 286 g/mol. The minimum atomic E-state index is 0.113. The molecule has 0 fully saturated rings. The Bertz CT molecular complexity index is 387. The second kappa shape index (κ2) is 9.42. The SMILES string of the molecule is COCCOCCC(CNC(C)(C)C)c1ccc(Cl)cc1. The maximum absolute atomic E-state index is 5.97. The third-order valence-electron chi connectivity index (χ3n) is 3.26. The summed E-state index contributed by atoms with van der Waals surface area (Å²) in [5.74, 6) is 0.420. The van der Waals surface area contributed by atoms with Crippen molar-refractivity contribution in [1.82, 2.24) is 5.32 Å². The van der Waals surface area contributed by atoms with Crippen LogP contribution in [0, 0.1) is 0 Å². The van der Waals surface area contributed by atoms with Crippen LogP contribution in [0.2, 0.25) is 5.02 Å². The van der Waals surface area contributed by atoms with Gasteiger partial charge < -0.3 is 14.8 Å². The van der Waals surface area contributed by atoms with Crippen molar-refractivity contribution in [3.63, 3.8) is 0 Å². The van der Waals surface area contributed by atoms with Gasteiger partial charge in [-0.05, 0) is 50.8 Å². The Balaban J connectivity index is 2.55. The summed E-state index contributed by atoms with van der Waals surface area (Å²) in [6.07, 6.45) is 0.981. The van der Waals surface area contributed by atoms with Crippen molar-refractivity contribution >= 4 is 11.6 Å². The van der Waals surface area contributed by atoms with E-state index in [1.165, 1.54) is 5.56 Å². The molecule has 0 saturated heterocycles. The summed E-state index contributed by atoms with van der Waals surface area (Å²) in [7, 11) is 1.69. The van der Waals surface area contributed by atoms with Gasteiger partial charge in [-0.15, -0.1) is 0 Å². The first-order valence-corrected chi connectivity index (χ1v) is 7.87. The minimum Gasteiger partial charge on any atom is -0.382 e. The van der Waals surface area contributed by atoms with E-state index >= 15 is 0 Å². The van der Waals surface area contributed by atoms with Crippen LogP contribution in [-0.4, -0.2) is 39.0 Å². The van der Waals surface area contributed by atoms with Gasteiger partial charge in [-0.2, -0.15) is 0 Å². The summed E-state index contributed by atoms with van der Waals surface area (Å²) >= 11 is 5.97. The van der Waals surface area contributed by atoms with Crippen LogP contribution in [0.1, 0.15) is 38.7 Å². The van der Waals surface area contributed by atoms with E-state index in [1.54, 1.807) is 7.11 Å². The third kappa shape index (κ3) is 8.42. The van der Waals surface area contributed by atoms with Crippen molar-refractivity contribution in [2.75, 3.05) is 33.5 Å². The Morgan fingerprint density at radius 1 is 1.10 bits per heavy atom. The van der Waals surface area contributed by atoms with Crippen LogP contribution in [0.4, 0.5) is 0 Å². The Labute approximate surface area is 134 Å². The highest BCUT2D eigenvalue weighted by Gasteiger charge is 2.16. The average molecular weight is 314 g/mol. The predicted octanol–water partition coefficient (Wildman–Crippen LogP) is 3.86. The second-order valence-corrected chi connectivity index (χ2v) is 6.71. The molecule has 1 aromatic carbocycles. The van der Waals surface area contributed by atoms with Crippen LogP contribution in [0.5, 0.6) is 0 Å². The van der Waals surface area contributed by atoms with Crippen LogP contribution in [0.25, 0.3) is 0 Å². The molecule has 4 heteroatoms. The number of ether oxygens (including phenoxy) is 2. The van der Waals surface area contributed by atoms with Crippen LogP contribution >= 0.6 is 11.6 Å². The topological polar surface area (TPSA) is 30.5 Å². The van der Waals surface area contributed by atoms with Gasteiger partial charge in [0, 0.05) is 30.8 Å². The Hall–Kier alpha value is -0.610. The van der Waals surface area contributed by atoms with E-state index < -0.39 is 0 Å². The van der Waals surface area contributed by atoms with Gasteiger partial charge in [-0.1, -0.05) is 23.7 Å². The van der Waals surface area contributed by atoms with E-state index in [2.05, 4.69) is 38.2 Å². The molecule has 0 aliphatic heterocycles. The highest BCUT2D eigenvalue weighted by molar-refractivity contribution is 6.30. The van der Waals surface area contributed by atoms with E-state index in [0.29, 0.717) is 19.1 Å². The minimum absolute atomic E-state index is 0.113. The lowest BCUT2D eigenvalue weighted by Crippen LogP contribution is -2.38. The first-order chi connectivity index (χ1) is 9.92. The van der Waals surface area contributed by atoms with Crippen molar-refractivity contribution in [1.29, 1.82) is 0 Å². The molecule has 1 atom stereocenters. The zero-order valence-corrected chi connectivity index (χ0v) is 14.4.